The lowest BCUT2D eigenvalue weighted by atomic mass is 9.97. The number of ether oxygens (including phenoxy) is 4. The van der Waals surface area contributed by atoms with Gasteiger partial charge in [0.05, 0.1) is 32.0 Å². The minimum atomic E-state index is -1.78. The molecule has 14 heteroatoms. The summed E-state index contributed by atoms with van der Waals surface area (Å²) < 4.78 is 22.8. The molecule has 2 saturated heterocycles. The third-order valence-electron chi connectivity index (χ3n) is 15.2. The van der Waals surface area contributed by atoms with Crippen molar-refractivity contribution in [3.05, 3.63) is 24.3 Å². The zero-order chi connectivity index (χ0) is 53.9. The van der Waals surface area contributed by atoms with Gasteiger partial charge in [-0.25, -0.2) is 0 Å². The van der Waals surface area contributed by atoms with Gasteiger partial charge < -0.3 is 65.1 Å². The van der Waals surface area contributed by atoms with Crippen LogP contribution in [0.1, 0.15) is 258 Å². The molecule has 436 valence electrons. The van der Waals surface area contributed by atoms with Gasteiger partial charge in [-0.05, 0) is 44.9 Å². The topological polar surface area (TPSA) is 228 Å². The van der Waals surface area contributed by atoms with Gasteiger partial charge in [-0.1, -0.05) is 231 Å². The predicted octanol–water partition coefficient (Wildman–Crippen LogP) is 10.4. The number of nitrogens with one attached hydrogen (secondary N) is 1. The summed E-state index contributed by atoms with van der Waals surface area (Å²) in [6.07, 6.45) is 37.5. The fourth-order valence-electron chi connectivity index (χ4n) is 10.2. The average molecular weight is 1060 g/mol. The SMILES string of the molecule is CCCCCC/C=C\C/C=C\CCCCCCCC(=O)NC(COC1OC(CO)C(OC2OC(CO)C(O)C(O)C2O)C(O)C1O)C(O)CCCCCCCCCCCCCCCCCCCCCCCCCC. The summed E-state index contributed by atoms with van der Waals surface area (Å²) in [6, 6.07) is -0.835. The Morgan fingerprint density at radius 3 is 1.36 bits per heavy atom. The molecule has 0 spiro atoms. The minimum Gasteiger partial charge on any atom is -0.394 e. The summed E-state index contributed by atoms with van der Waals surface area (Å²) in [5, 5.41) is 87.3. The summed E-state index contributed by atoms with van der Waals surface area (Å²) in [5.41, 5.74) is 0. The number of aliphatic hydroxyl groups excluding tert-OH is 8. The van der Waals surface area contributed by atoms with Crippen molar-refractivity contribution in [2.45, 2.75) is 331 Å². The van der Waals surface area contributed by atoms with Crippen LogP contribution in [0.4, 0.5) is 0 Å². The van der Waals surface area contributed by atoms with E-state index in [1.54, 1.807) is 0 Å². The number of carbonyl (C=O) groups excluding carboxylic acids is 1. The van der Waals surface area contributed by atoms with Gasteiger partial charge in [0.25, 0.3) is 0 Å². The molecule has 0 aliphatic carbocycles. The maximum Gasteiger partial charge on any atom is 0.220 e. The molecule has 2 heterocycles. The fraction of sp³-hybridized carbons (Fsp3) is 0.917. The van der Waals surface area contributed by atoms with E-state index in [4.69, 9.17) is 18.9 Å². The van der Waals surface area contributed by atoms with Crippen LogP contribution in [0.3, 0.4) is 0 Å². The van der Waals surface area contributed by atoms with Gasteiger partial charge in [0, 0.05) is 6.42 Å². The second kappa shape index (κ2) is 46.4. The average Bonchev–Trinajstić information content (AvgIpc) is 3.40. The van der Waals surface area contributed by atoms with Gasteiger partial charge in [-0.3, -0.25) is 4.79 Å². The molecule has 14 nitrogen and oxygen atoms in total. The highest BCUT2D eigenvalue weighted by Gasteiger charge is 2.51. The van der Waals surface area contributed by atoms with Gasteiger partial charge >= 0.3 is 0 Å². The number of carbonyl (C=O) groups is 1. The Bertz CT molecular complexity index is 1340. The van der Waals surface area contributed by atoms with E-state index >= 15 is 0 Å². The molecular weight excluding hydrogens is 943 g/mol. The standard InChI is InChI=1S/C60H113NO13/c1-3-5-7-9-11-13-15-17-19-21-22-23-24-25-26-27-28-29-31-33-35-37-39-41-43-49(64)48(61-52(65)44-42-40-38-36-34-32-30-20-18-16-14-12-10-8-6-4-2)47-71-59-57(70)55(68)58(51(46-63)73-59)74-60-56(69)54(67)53(66)50(45-62)72-60/h14,16,20,30,48-51,53-60,62-64,66-70H,3-13,15,17-19,21-29,31-47H2,1-2H3,(H,61,65)/b16-14-,30-20-. The number of allylic oxidation sites excluding steroid dienone is 4. The minimum absolute atomic E-state index is 0.218. The molecule has 2 fully saturated rings. The van der Waals surface area contributed by atoms with Crippen LogP contribution in [-0.2, 0) is 23.7 Å². The van der Waals surface area contributed by atoms with Crippen LogP contribution in [0.15, 0.2) is 24.3 Å². The fourth-order valence-corrected chi connectivity index (χ4v) is 10.2. The number of hydrogen-bond donors (Lipinski definition) is 9. The third-order valence-corrected chi connectivity index (χ3v) is 15.2. The molecule has 12 unspecified atom stereocenters. The Hall–Kier alpha value is -1.53. The lowest BCUT2D eigenvalue weighted by Gasteiger charge is -2.46. The first kappa shape index (κ1) is 68.6. The predicted molar refractivity (Wildman–Crippen MR) is 295 cm³/mol. The molecule has 0 radical (unpaired) electrons. The van der Waals surface area contributed by atoms with Crippen molar-refractivity contribution >= 4 is 5.91 Å². The zero-order valence-corrected chi connectivity index (χ0v) is 46.8. The zero-order valence-electron chi connectivity index (χ0n) is 46.8. The van der Waals surface area contributed by atoms with Gasteiger partial charge in [0.1, 0.15) is 48.8 Å². The summed E-state index contributed by atoms with van der Waals surface area (Å²) in [5.74, 6) is -0.218. The van der Waals surface area contributed by atoms with E-state index < -0.39 is 86.8 Å². The maximum atomic E-state index is 13.3. The Labute approximate surface area is 449 Å². The quantitative estimate of drug-likeness (QED) is 0.0204. The van der Waals surface area contributed by atoms with Gasteiger partial charge in [-0.2, -0.15) is 0 Å². The van der Waals surface area contributed by atoms with Crippen molar-refractivity contribution in [2.24, 2.45) is 0 Å². The van der Waals surface area contributed by atoms with Crippen molar-refractivity contribution in [2.75, 3.05) is 19.8 Å². The highest BCUT2D eigenvalue weighted by Crippen LogP contribution is 2.30. The molecule has 0 aromatic heterocycles. The molecule has 9 N–H and O–H groups in total. The summed E-state index contributed by atoms with van der Waals surface area (Å²) in [6.45, 7) is 2.86. The van der Waals surface area contributed by atoms with Crippen LogP contribution in [-0.4, -0.2) is 140 Å². The Kier molecular flexibility index (Phi) is 43.0. The summed E-state index contributed by atoms with van der Waals surface area (Å²) >= 11 is 0. The molecular formula is C60H113NO13. The van der Waals surface area contributed by atoms with Crippen LogP contribution < -0.4 is 5.32 Å². The highest BCUT2D eigenvalue weighted by atomic mass is 16.7. The van der Waals surface area contributed by atoms with Gasteiger partial charge in [0.2, 0.25) is 5.91 Å². The molecule has 1 amide bonds. The molecule has 0 aromatic rings. The van der Waals surface area contributed by atoms with Crippen molar-refractivity contribution in [1.29, 1.82) is 0 Å². The van der Waals surface area contributed by atoms with E-state index in [1.807, 2.05) is 0 Å². The van der Waals surface area contributed by atoms with Crippen LogP contribution in [0, 0.1) is 0 Å². The Balaban J connectivity index is 1.73. The highest BCUT2D eigenvalue weighted by molar-refractivity contribution is 5.76. The number of amides is 1. The lowest BCUT2D eigenvalue weighted by Crippen LogP contribution is -2.65. The van der Waals surface area contributed by atoms with E-state index in [9.17, 15) is 45.6 Å². The molecule has 2 aliphatic rings. The van der Waals surface area contributed by atoms with Gasteiger partial charge in [0.15, 0.2) is 12.6 Å². The van der Waals surface area contributed by atoms with Crippen molar-refractivity contribution in [3.63, 3.8) is 0 Å². The van der Waals surface area contributed by atoms with E-state index in [1.165, 1.54) is 154 Å². The first-order chi connectivity index (χ1) is 36.1. The first-order valence-electron chi connectivity index (χ1n) is 30.6. The largest absolute Gasteiger partial charge is 0.394 e. The van der Waals surface area contributed by atoms with Crippen molar-refractivity contribution < 1.29 is 64.6 Å². The maximum absolute atomic E-state index is 13.3. The van der Waals surface area contributed by atoms with E-state index in [-0.39, 0.29) is 18.9 Å². The smallest absolute Gasteiger partial charge is 0.220 e. The molecule has 2 aliphatic heterocycles. The van der Waals surface area contributed by atoms with Crippen LogP contribution in [0.5, 0.6) is 0 Å². The molecule has 0 saturated carbocycles. The van der Waals surface area contributed by atoms with E-state index in [0.29, 0.717) is 12.8 Å². The van der Waals surface area contributed by atoms with E-state index in [0.717, 1.165) is 70.6 Å². The monoisotopic (exact) mass is 1060 g/mol. The van der Waals surface area contributed by atoms with Gasteiger partial charge in [-0.15, -0.1) is 0 Å². The Morgan fingerprint density at radius 1 is 0.486 bits per heavy atom. The number of rotatable bonds is 49. The summed E-state index contributed by atoms with van der Waals surface area (Å²) in [7, 11) is 0. The molecule has 74 heavy (non-hydrogen) atoms. The Morgan fingerprint density at radius 2 is 0.892 bits per heavy atom. The third kappa shape index (κ3) is 31.8. The normalized spacial score (nSPS) is 25.3. The number of unbranched alkanes of at least 4 members (excludes halogenated alkanes) is 32. The lowest BCUT2D eigenvalue weighted by molar-refractivity contribution is -0.359. The van der Waals surface area contributed by atoms with E-state index in [2.05, 4.69) is 43.5 Å². The first-order valence-corrected chi connectivity index (χ1v) is 30.6. The van der Waals surface area contributed by atoms with Crippen molar-refractivity contribution in [1.82, 2.24) is 5.32 Å². The molecule has 0 bridgehead atoms. The summed E-state index contributed by atoms with van der Waals surface area (Å²) in [4.78, 5) is 13.3. The second-order valence-corrected chi connectivity index (χ2v) is 21.8. The van der Waals surface area contributed by atoms with Crippen molar-refractivity contribution in [3.8, 4) is 0 Å². The molecule has 2 rings (SSSR count). The van der Waals surface area contributed by atoms with Crippen LogP contribution in [0.2, 0.25) is 0 Å². The van der Waals surface area contributed by atoms with Crippen LogP contribution >= 0.6 is 0 Å². The molecule has 0 aromatic carbocycles. The second-order valence-electron chi connectivity index (χ2n) is 21.8. The number of aliphatic hydroxyl groups is 8. The van der Waals surface area contributed by atoms with Crippen LogP contribution in [0.25, 0.3) is 0 Å². The number of hydrogen-bond acceptors (Lipinski definition) is 13. The molecule has 12 atom stereocenters.